The van der Waals surface area contributed by atoms with Crippen molar-refractivity contribution in [2.24, 2.45) is 5.10 Å². The molecule has 1 amide bonds. The van der Waals surface area contributed by atoms with Gasteiger partial charge in [0.1, 0.15) is 17.2 Å². The highest BCUT2D eigenvalue weighted by Crippen LogP contribution is 2.32. The molecule has 0 spiro atoms. The second kappa shape index (κ2) is 11.6. The van der Waals surface area contributed by atoms with E-state index in [0.29, 0.717) is 44.6 Å². The maximum atomic E-state index is 13.4. The molecule has 190 valence electrons. The Hall–Kier alpha value is -4.31. The molecule has 9 nitrogen and oxygen atoms in total. The number of ether oxygens (including phenoxy) is 3. The van der Waals surface area contributed by atoms with E-state index in [4.69, 9.17) is 14.2 Å². The van der Waals surface area contributed by atoms with Gasteiger partial charge in [-0.3, -0.25) is 14.2 Å². The van der Waals surface area contributed by atoms with Gasteiger partial charge in [-0.15, -0.1) is 0 Å². The van der Waals surface area contributed by atoms with Crippen LogP contribution in [0.3, 0.4) is 0 Å². The van der Waals surface area contributed by atoms with Gasteiger partial charge in [0.2, 0.25) is 0 Å². The standard InChI is InChI=1S/C27H26N4O5S/c1-17-9-5-8-12-22(17)31-26(33)19-10-6-7-11-21(19)29-27(31)37-16-25(32)30-28-15-20-23(35-3)13-18(34-2)14-24(20)36-4/h5-15H,16H2,1-4H3,(H,30,32). The number of nitrogens with zero attached hydrogens (tertiary/aromatic N) is 3. The number of benzene rings is 3. The number of nitrogens with one attached hydrogen (secondary N) is 1. The Morgan fingerprint density at radius 1 is 1.03 bits per heavy atom. The number of aromatic nitrogens is 2. The van der Waals surface area contributed by atoms with Crippen molar-refractivity contribution in [1.82, 2.24) is 15.0 Å². The number of hydrogen-bond donors (Lipinski definition) is 1. The van der Waals surface area contributed by atoms with E-state index < -0.39 is 0 Å². The lowest BCUT2D eigenvalue weighted by Gasteiger charge is -2.14. The van der Waals surface area contributed by atoms with Crippen LogP contribution in [-0.2, 0) is 4.79 Å². The summed E-state index contributed by atoms with van der Waals surface area (Å²) in [5.41, 5.74) is 5.05. The highest BCUT2D eigenvalue weighted by molar-refractivity contribution is 7.99. The Balaban J connectivity index is 1.57. The fourth-order valence-corrected chi connectivity index (χ4v) is 4.52. The first-order valence-corrected chi connectivity index (χ1v) is 12.3. The molecule has 4 rings (SSSR count). The Bertz CT molecular complexity index is 1510. The molecule has 0 saturated heterocycles. The average molecular weight is 519 g/mol. The number of rotatable bonds is 9. The van der Waals surface area contributed by atoms with E-state index in [0.717, 1.165) is 17.3 Å². The molecule has 3 aromatic carbocycles. The number of fused-ring (bicyclic) bond motifs is 1. The summed E-state index contributed by atoms with van der Waals surface area (Å²) in [4.78, 5) is 30.7. The first-order valence-electron chi connectivity index (χ1n) is 11.3. The van der Waals surface area contributed by atoms with E-state index in [-0.39, 0.29) is 17.2 Å². The molecule has 0 fully saturated rings. The zero-order valence-electron chi connectivity index (χ0n) is 20.8. The number of methoxy groups -OCH3 is 3. The van der Waals surface area contributed by atoms with Crippen LogP contribution in [0.15, 0.2) is 75.7 Å². The van der Waals surface area contributed by atoms with Crippen LogP contribution in [0.2, 0.25) is 0 Å². The van der Waals surface area contributed by atoms with Crippen LogP contribution >= 0.6 is 11.8 Å². The van der Waals surface area contributed by atoms with Crippen molar-refractivity contribution >= 4 is 34.8 Å². The number of carbonyl (C=O) groups is 1. The highest BCUT2D eigenvalue weighted by atomic mass is 32.2. The van der Waals surface area contributed by atoms with E-state index in [1.165, 1.54) is 20.4 Å². The lowest BCUT2D eigenvalue weighted by Crippen LogP contribution is -2.24. The minimum absolute atomic E-state index is 0.00904. The molecule has 0 atom stereocenters. The summed E-state index contributed by atoms with van der Waals surface area (Å²) in [5, 5.41) is 4.98. The second-order valence-corrected chi connectivity index (χ2v) is 8.81. The van der Waals surface area contributed by atoms with Gasteiger partial charge in [0.25, 0.3) is 11.5 Å². The molecular formula is C27H26N4O5S. The summed E-state index contributed by atoms with van der Waals surface area (Å²) in [5.74, 6) is 1.14. The Morgan fingerprint density at radius 2 is 1.70 bits per heavy atom. The third kappa shape index (κ3) is 5.59. The Labute approximate surface area is 218 Å². The molecule has 10 heteroatoms. The van der Waals surface area contributed by atoms with Gasteiger partial charge in [-0.2, -0.15) is 5.10 Å². The molecule has 0 saturated carbocycles. The molecule has 0 aliphatic carbocycles. The molecule has 0 bridgehead atoms. The minimum atomic E-state index is -0.369. The maximum absolute atomic E-state index is 13.4. The number of thioether (sulfide) groups is 1. The van der Waals surface area contributed by atoms with E-state index in [2.05, 4.69) is 15.5 Å². The normalized spacial score (nSPS) is 11.0. The fourth-order valence-electron chi connectivity index (χ4n) is 3.73. The second-order valence-electron chi connectivity index (χ2n) is 7.87. The zero-order chi connectivity index (χ0) is 26.4. The molecule has 1 heterocycles. The van der Waals surface area contributed by atoms with Crippen molar-refractivity contribution in [3.8, 4) is 22.9 Å². The molecule has 1 aromatic heterocycles. The van der Waals surface area contributed by atoms with Gasteiger partial charge in [0.05, 0.1) is 55.5 Å². The fraction of sp³-hybridized carbons (Fsp3) is 0.185. The van der Waals surface area contributed by atoms with Crippen molar-refractivity contribution in [2.75, 3.05) is 27.1 Å². The van der Waals surface area contributed by atoms with Gasteiger partial charge < -0.3 is 14.2 Å². The summed E-state index contributed by atoms with van der Waals surface area (Å²) < 4.78 is 17.6. The van der Waals surface area contributed by atoms with Crippen LogP contribution in [0, 0.1) is 6.92 Å². The van der Waals surface area contributed by atoms with Gasteiger partial charge in [-0.05, 0) is 30.7 Å². The third-order valence-corrected chi connectivity index (χ3v) is 6.51. The third-order valence-electron chi connectivity index (χ3n) is 5.57. The molecule has 1 N–H and O–H groups in total. The van der Waals surface area contributed by atoms with E-state index in [1.807, 2.05) is 37.3 Å². The van der Waals surface area contributed by atoms with Gasteiger partial charge in [-0.25, -0.2) is 10.4 Å². The van der Waals surface area contributed by atoms with E-state index >= 15 is 0 Å². The quantitative estimate of drug-likeness (QED) is 0.155. The van der Waals surface area contributed by atoms with Crippen molar-refractivity contribution in [3.63, 3.8) is 0 Å². The van der Waals surface area contributed by atoms with Crippen LogP contribution in [0.25, 0.3) is 16.6 Å². The van der Waals surface area contributed by atoms with Crippen LogP contribution in [0.4, 0.5) is 0 Å². The summed E-state index contributed by atoms with van der Waals surface area (Å²) in [6, 6.07) is 18.1. The molecule has 0 aliphatic rings. The van der Waals surface area contributed by atoms with E-state index in [9.17, 15) is 9.59 Å². The van der Waals surface area contributed by atoms with Gasteiger partial charge >= 0.3 is 0 Å². The number of hydrazone groups is 1. The predicted octanol–water partition coefficient (Wildman–Crippen LogP) is 3.96. The number of hydrogen-bond acceptors (Lipinski definition) is 8. The minimum Gasteiger partial charge on any atom is -0.496 e. The number of aryl methyl sites for hydroxylation is 1. The topological polar surface area (TPSA) is 104 Å². The predicted molar refractivity (Wildman–Crippen MR) is 145 cm³/mol. The SMILES string of the molecule is COc1cc(OC)c(C=NNC(=O)CSc2nc3ccccc3c(=O)n2-c2ccccc2C)c(OC)c1. The molecule has 4 aromatic rings. The summed E-state index contributed by atoms with van der Waals surface area (Å²) >= 11 is 1.15. The average Bonchev–Trinajstić information content (AvgIpc) is 2.92. The summed E-state index contributed by atoms with van der Waals surface area (Å²) in [6.07, 6.45) is 1.44. The van der Waals surface area contributed by atoms with Crippen molar-refractivity contribution in [2.45, 2.75) is 12.1 Å². The maximum Gasteiger partial charge on any atom is 0.266 e. The van der Waals surface area contributed by atoms with Gasteiger partial charge in [0.15, 0.2) is 5.16 Å². The van der Waals surface area contributed by atoms with Crippen LogP contribution < -0.4 is 25.2 Å². The number of carbonyl (C=O) groups excluding carboxylic acids is 1. The number of amides is 1. The van der Waals surface area contributed by atoms with Gasteiger partial charge in [0, 0.05) is 12.1 Å². The van der Waals surface area contributed by atoms with Crippen molar-refractivity contribution in [1.29, 1.82) is 0 Å². The lowest BCUT2D eigenvalue weighted by atomic mass is 10.2. The first kappa shape index (κ1) is 25.8. The first-order chi connectivity index (χ1) is 18.0. The molecule has 0 radical (unpaired) electrons. The van der Waals surface area contributed by atoms with Crippen LogP contribution in [0.5, 0.6) is 17.2 Å². The molecular weight excluding hydrogens is 492 g/mol. The summed E-state index contributed by atoms with van der Waals surface area (Å²) in [6.45, 7) is 1.93. The van der Waals surface area contributed by atoms with E-state index in [1.54, 1.807) is 42.0 Å². The van der Waals surface area contributed by atoms with Crippen LogP contribution in [0.1, 0.15) is 11.1 Å². The summed E-state index contributed by atoms with van der Waals surface area (Å²) in [7, 11) is 4.58. The van der Waals surface area contributed by atoms with Crippen LogP contribution in [-0.4, -0.2) is 48.8 Å². The highest BCUT2D eigenvalue weighted by Gasteiger charge is 2.16. The van der Waals surface area contributed by atoms with Gasteiger partial charge in [-0.1, -0.05) is 42.1 Å². The largest absolute Gasteiger partial charge is 0.496 e. The lowest BCUT2D eigenvalue weighted by molar-refractivity contribution is -0.118. The Morgan fingerprint density at radius 3 is 2.38 bits per heavy atom. The Kier molecular flexibility index (Phi) is 8.09. The molecule has 0 aliphatic heterocycles. The monoisotopic (exact) mass is 518 g/mol. The van der Waals surface area contributed by atoms with Crippen molar-refractivity contribution in [3.05, 3.63) is 82.1 Å². The zero-order valence-corrected chi connectivity index (χ0v) is 21.7. The molecule has 37 heavy (non-hydrogen) atoms. The smallest absolute Gasteiger partial charge is 0.266 e. The number of para-hydroxylation sites is 2. The van der Waals surface area contributed by atoms with Crippen molar-refractivity contribution < 1.29 is 19.0 Å². The molecule has 0 unspecified atom stereocenters.